The van der Waals surface area contributed by atoms with E-state index in [1.165, 1.54) is 4.90 Å². The third kappa shape index (κ3) is 4.64. The van der Waals surface area contributed by atoms with Crippen molar-refractivity contribution in [1.82, 2.24) is 10.2 Å². The fraction of sp³-hybridized carbons (Fsp3) is 0.474. The highest BCUT2D eigenvalue weighted by Gasteiger charge is 2.46. The summed E-state index contributed by atoms with van der Waals surface area (Å²) in [6.07, 6.45) is 0.217. The lowest BCUT2D eigenvalue weighted by atomic mass is 9.88. The Kier molecular flexibility index (Phi) is 5.93. The zero-order valence-electron chi connectivity index (χ0n) is 15.2. The quantitative estimate of drug-likeness (QED) is 0.735. The molecule has 0 unspecified atom stereocenters. The van der Waals surface area contributed by atoms with Gasteiger partial charge in [0.2, 0.25) is 5.91 Å². The van der Waals surface area contributed by atoms with E-state index in [9.17, 15) is 22.8 Å². The Balaban J connectivity index is 1.56. The van der Waals surface area contributed by atoms with Crippen molar-refractivity contribution >= 4 is 11.8 Å². The maximum absolute atomic E-state index is 12.8. The van der Waals surface area contributed by atoms with Crippen LogP contribution in [0.2, 0.25) is 0 Å². The molecule has 3 N–H and O–H groups in total. The number of rotatable bonds is 7. The number of fused-ring (bicyclic) bond motifs is 1. The first-order valence-electron chi connectivity index (χ1n) is 9.01. The van der Waals surface area contributed by atoms with Crippen molar-refractivity contribution in [3.63, 3.8) is 0 Å². The lowest BCUT2D eigenvalue weighted by Crippen LogP contribution is -2.53. The number of carbonyl (C=O) groups excluding carboxylic acids is 2. The number of ether oxygens (including phenoxy) is 1. The zero-order chi connectivity index (χ0) is 20.3. The summed E-state index contributed by atoms with van der Waals surface area (Å²) in [4.78, 5) is 26.0. The summed E-state index contributed by atoms with van der Waals surface area (Å²) in [5.74, 6) is -2.95. The van der Waals surface area contributed by atoms with E-state index in [-0.39, 0.29) is 38.4 Å². The fourth-order valence-electron chi connectivity index (χ4n) is 3.27. The SMILES string of the molecule is NC/C(=C/F)COc1ccc2c(c1)CCN(CC(=O)NC1CC(F)(F)C1)C2=O. The van der Waals surface area contributed by atoms with Crippen LogP contribution >= 0.6 is 0 Å². The molecule has 1 heterocycles. The molecule has 2 aliphatic rings. The average Bonchev–Trinajstić information content (AvgIpc) is 2.63. The lowest BCUT2D eigenvalue weighted by molar-refractivity contribution is -0.129. The van der Waals surface area contributed by atoms with Gasteiger partial charge in [0.05, 0.1) is 12.9 Å². The molecule has 28 heavy (non-hydrogen) atoms. The topological polar surface area (TPSA) is 84.7 Å². The molecule has 0 aromatic heterocycles. The number of nitrogens with zero attached hydrogens (tertiary/aromatic N) is 1. The van der Waals surface area contributed by atoms with Gasteiger partial charge in [-0.05, 0) is 30.2 Å². The molecule has 3 rings (SSSR count). The molecule has 9 heteroatoms. The molecule has 1 aromatic carbocycles. The lowest BCUT2D eigenvalue weighted by Gasteiger charge is -2.36. The third-order valence-corrected chi connectivity index (χ3v) is 4.88. The largest absolute Gasteiger partial charge is 0.489 e. The van der Waals surface area contributed by atoms with Gasteiger partial charge in [0, 0.05) is 43.1 Å². The minimum atomic E-state index is -2.71. The van der Waals surface area contributed by atoms with Gasteiger partial charge in [0.15, 0.2) is 0 Å². The number of carbonyl (C=O) groups is 2. The predicted molar refractivity (Wildman–Crippen MR) is 95.9 cm³/mol. The van der Waals surface area contributed by atoms with Crippen LogP contribution in [0.15, 0.2) is 30.1 Å². The smallest absolute Gasteiger partial charge is 0.254 e. The Bertz CT molecular complexity index is 790. The highest BCUT2D eigenvalue weighted by Crippen LogP contribution is 2.37. The van der Waals surface area contributed by atoms with Gasteiger partial charge in [0.1, 0.15) is 12.4 Å². The summed E-state index contributed by atoms with van der Waals surface area (Å²) in [7, 11) is 0. The van der Waals surface area contributed by atoms with Crippen LogP contribution in [-0.2, 0) is 11.2 Å². The van der Waals surface area contributed by atoms with Crippen LogP contribution in [0.1, 0.15) is 28.8 Å². The van der Waals surface area contributed by atoms with Crippen molar-refractivity contribution in [3.8, 4) is 5.75 Å². The summed E-state index contributed by atoms with van der Waals surface area (Å²) in [5.41, 5.74) is 6.93. The number of nitrogens with one attached hydrogen (secondary N) is 1. The molecule has 0 radical (unpaired) electrons. The number of alkyl halides is 2. The fourth-order valence-corrected chi connectivity index (χ4v) is 3.27. The summed E-state index contributed by atoms with van der Waals surface area (Å²) in [6, 6.07) is 4.38. The van der Waals surface area contributed by atoms with Crippen LogP contribution in [-0.4, -0.2) is 54.9 Å². The second kappa shape index (κ2) is 8.22. The van der Waals surface area contributed by atoms with E-state index in [0.717, 1.165) is 5.56 Å². The maximum Gasteiger partial charge on any atom is 0.254 e. The van der Waals surface area contributed by atoms with Gasteiger partial charge < -0.3 is 20.7 Å². The first-order valence-corrected chi connectivity index (χ1v) is 9.01. The molecule has 1 aliphatic heterocycles. The summed E-state index contributed by atoms with van der Waals surface area (Å²) in [6.45, 7) is 0.239. The molecule has 1 aliphatic carbocycles. The van der Waals surface area contributed by atoms with Gasteiger partial charge >= 0.3 is 0 Å². The van der Waals surface area contributed by atoms with Crippen LogP contribution in [0.5, 0.6) is 5.75 Å². The number of amides is 2. The Labute approximate surface area is 160 Å². The standard InChI is InChI=1S/C19H22F3N3O3/c20-8-12(9-23)11-28-15-1-2-16-13(5-15)3-4-25(18(16)27)10-17(26)24-14-6-19(21,22)7-14/h1-2,5,8,14H,3-4,6-7,9-11,23H2,(H,24,26)/b12-8-. The molecule has 0 atom stereocenters. The second-order valence-electron chi connectivity index (χ2n) is 7.08. The number of halogens is 3. The molecule has 152 valence electrons. The summed E-state index contributed by atoms with van der Waals surface area (Å²) in [5, 5.41) is 2.53. The monoisotopic (exact) mass is 397 g/mol. The van der Waals surface area contributed by atoms with Crippen molar-refractivity contribution in [2.75, 3.05) is 26.2 Å². The normalized spacial score (nSPS) is 19.1. The van der Waals surface area contributed by atoms with Crippen molar-refractivity contribution in [2.24, 2.45) is 5.73 Å². The molecule has 0 saturated heterocycles. The van der Waals surface area contributed by atoms with Crippen LogP contribution in [0.25, 0.3) is 0 Å². The highest BCUT2D eigenvalue weighted by molar-refractivity contribution is 5.98. The van der Waals surface area contributed by atoms with E-state index in [2.05, 4.69) is 5.32 Å². The van der Waals surface area contributed by atoms with Gasteiger partial charge in [-0.2, -0.15) is 0 Å². The Hall–Kier alpha value is -2.55. The van der Waals surface area contributed by atoms with Crippen molar-refractivity contribution < 1.29 is 27.5 Å². The number of benzene rings is 1. The van der Waals surface area contributed by atoms with Crippen molar-refractivity contribution in [3.05, 3.63) is 41.2 Å². The van der Waals surface area contributed by atoms with E-state index in [4.69, 9.17) is 10.5 Å². The van der Waals surface area contributed by atoms with Crippen LogP contribution in [0, 0.1) is 0 Å². The Morgan fingerprint density at radius 3 is 2.79 bits per heavy atom. The van der Waals surface area contributed by atoms with Crippen LogP contribution < -0.4 is 15.8 Å². The van der Waals surface area contributed by atoms with Crippen LogP contribution in [0.4, 0.5) is 13.2 Å². The van der Waals surface area contributed by atoms with E-state index in [1.807, 2.05) is 0 Å². The Morgan fingerprint density at radius 1 is 1.39 bits per heavy atom. The van der Waals surface area contributed by atoms with Crippen molar-refractivity contribution in [2.45, 2.75) is 31.2 Å². The average molecular weight is 397 g/mol. The molecule has 0 spiro atoms. The number of hydrogen-bond acceptors (Lipinski definition) is 4. The second-order valence-corrected chi connectivity index (χ2v) is 7.08. The number of nitrogens with two attached hydrogens (primary N) is 1. The maximum atomic E-state index is 12.8. The number of hydrogen-bond donors (Lipinski definition) is 2. The molecular weight excluding hydrogens is 375 g/mol. The summed E-state index contributed by atoms with van der Waals surface area (Å²) >= 11 is 0. The molecule has 1 aromatic rings. The van der Waals surface area contributed by atoms with E-state index in [1.54, 1.807) is 18.2 Å². The first-order chi connectivity index (χ1) is 13.3. The van der Waals surface area contributed by atoms with Gasteiger partial charge in [-0.15, -0.1) is 0 Å². The van der Waals surface area contributed by atoms with Gasteiger partial charge in [-0.3, -0.25) is 9.59 Å². The van der Waals surface area contributed by atoms with Gasteiger partial charge in [-0.25, -0.2) is 13.2 Å². The zero-order valence-corrected chi connectivity index (χ0v) is 15.2. The van der Waals surface area contributed by atoms with E-state index in [0.29, 0.717) is 36.2 Å². The molecule has 1 fully saturated rings. The molecule has 0 bridgehead atoms. The molecule has 6 nitrogen and oxygen atoms in total. The molecule has 2 amide bonds. The van der Waals surface area contributed by atoms with Gasteiger partial charge in [0.25, 0.3) is 11.8 Å². The van der Waals surface area contributed by atoms with Crippen LogP contribution in [0.3, 0.4) is 0 Å². The minimum Gasteiger partial charge on any atom is -0.489 e. The minimum absolute atomic E-state index is 0.0201. The highest BCUT2D eigenvalue weighted by atomic mass is 19.3. The van der Waals surface area contributed by atoms with Crippen molar-refractivity contribution in [1.29, 1.82) is 0 Å². The Morgan fingerprint density at radius 2 is 2.14 bits per heavy atom. The first kappa shape index (κ1) is 20.2. The van der Waals surface area contributed by atoms with Gasteiger partial charge in [-0.1, -0.05) is 0 Å². The molecular formula is C19H22F3N3O3. The predicted octanol–water partition coefficient (Wildman–Crippen LogP) is 1.79. The molecule has 1 saturated carbocycles. The van der Waals surface area contributed by atoms with E-state index >= 15 is 0 Å². The third-order valence-electron chi connectivity index (χ3n) is 4.88. The van der Waals surface area contributed by atoms with E-state index < -0.39 is 17.9 Å². The summed E-state index contributed by atoms with van der Waals surface area (Å²) < 4.78 is 43.7.